The molecule has 0 saturated carbocycles. The Hall–Kier alpha value is -1.81. The number of para-hydroxylation sites is 1. The Bertz CT molecular complexity index is 976. The van der Waals surface area contributed by atoms with Crippen LogP contribution in [0.2, 0.25) is 0 Å². The molecule has 2 aromatic rings. The molecule has 0 aliphatic carbocycles. The van der Waals surface area contributed by atoms with E-state index >= 15 is 0 Å². The van der Waals surface area contributed by atoms with Crippen LogP contribution in [0.5, 0.6) is 0 Å². The first-order chi connectivity index (χ1) is 13.4. The number of rotatable bonds is 6. The minimum Gasteiger partial charge on any atom is -0.355 e. The molecule has 0 amide bonds. The number of aryl methyl sites for hydroxylation is 2. The van der Waals surface area contributed by atoms with E-state index in [1.165, 1.54) is 21.0 Å². The van der Waals surface area contributed by atoms with Crippen molar-refractivity contribution < 1.29 is 8.42 Å². The average Bonchev–Trinajstić information content (AvgIpc) is 3.10. The summed E-state index contributed by atoms with van der Waals surface area (Å²) in [5.74, 6) is 0.614. The first-order valence-corrected chi connectivity index (χ1v) is 11.1. The summed E-state index contributed by atoms with van der Waals surface area (Å²) in [5.41, 5.74) is 5.54. The van der Waals surface area contributed by atoms with E-state index in [0.717, 1.165) is 17.7 Å². The lowest BCUT2D eigenvalue weighted by molar-refractivity contribution is 0.591. The van der Waals surface area contributed by atoms with Crippen LogP contribution in [-0.4, -0.2) is 40.3 Å². The predicted octanol–water partition coefficient (Wildman–Crippen LogP) is 2.98. The van der Waals surface area contributed by atoms with Crippen LogP contribution in [0, 0.1) is 13.8 Å². The van der Waals surface area contributed by atoms with Gasteiger partial charge in [0.2, 0.25) is 10.0 Å². The zero-order valence-electron chi connectivity index (χ0n) is 17.1. The second kappa shape index (κ2) is 10.3. The number of hydrogen-bond donors (Lipinski definition) is 2. The van der Waals surface area contributed by atoms with Gasteiger partial charge in [0.15, 0.2) is 5.96 Å². The Morgan fingerprint density at radius 2 is 1.90 bits per heavy atom. The maximum atomic E-state index is 12.7. The third kappa shape index (κ3) is 5.85. The summed E-state index contributed by atoms with van der Waals surface area (Å²) in [5, 5.41) is 6.36. The number of nitrogens with one attached hydrogen (secondary N) is 2. The van der Waals surface area contributed by atoms with Crippen molar-refractivity contribution in [3.05, 3.63) is 64.7 Å². The molecule has 0 atom stereocenters. The smallest absolute Gasteiger partial charge is 0.236 e. The summed E-state index contributed by atoms with van der Waals surface area (Å²) in [6, 6.07) is 14.0. The van der Waals surface area contributed by atoms with Gasteiger partial charge in [-0.05, 0) is 43.0 Å². The Kier molecular flexibility index (Phi) is 8.33. The van der Waals surface area contributed by atoms with Crippen LogP contribution < -0.4 is 14.9 Å². The summed E-state index contributed by atoms with van der Waals surface area (Å²) < 4.78 is 27.0. The fourth-order valence-corrected chi connectivity index (χ4v) is 4.88. The van der Waals surface area contributed by atoms with E-state index in [9.17, 15) is 8.42 Å². The summed E-state index contributed by atoms with van der Waals surface area (Å²) in [4.78, 5) is 4.19. The summed E-state index contributed by atoms with van der Waals surface area (Å²) in [6.07, 6.45) is 0.766. The minimum atomic E-state index is -3.37. The topological polar surface area (TPSA) is 73.8 Å². The molecule has 1 heterocycles. The zero-order valence-corrected chi connectivity index (χ0v) is 20.3. The van der Waals surface area contributed by atoms with Crippen molar-refractivity contribution in [1.82, 2.24) is 10.6 Å². The monoisotopic (exact) mass is 528 g/mol. The number of sulfonamides is 1. The number of fused-ring (bicyclic) bond motifs is 1. The fraction of sp³-hybridized carbons (Fsp3) is 0.381. The molecule has 1 aliphatic heterocycles. The number of benzene rings is 2. The molecule has 0 fully saturated rings. The van der Waals surface area contributed by atoms with Crippen LogP contribution in [0.1, 0.15) is 22.3 Å². The molecule has 0 unspecified atom stereocenters. The first kappa shape index (κ1) is 23.5. The quantitative estimate of drug-likeness (QED) is 0.344. The summed E-state index contributed by atoms with van der Waals surface area (Å²) in [7, 11) is -1.68. The number of hydrogen-bond acceptors (Lipinski definition) is 3. The molecule has 158 valence electrons. The van der Waals surface area contributed by atoms with Gasteiger partial charge in [0.25, 0.3) is 0 Å². The van der Waals surface area contributed by atoms with Crippen LogP contribution in [-0.2, 0) is 23.0 Å². The molecule has 29 heavy (non-hydrogen) atoms. The number of anilines is 1. The first-order valence-electron chi connectivity index (χ1n) is 9.49. The molecule has 2 aromatic carbocycles. The maximum absolute atomic E-state index is 12.7. The fourth-order valence-electron chi connectivity index (χ4n) is 3.45. The molecular formula is C21H29IN4O2S. The van der Waals surface area contributed by atoms with Gasteiger partial charge in [-0.15, -0.1) is 24.0 Å². The zero-order chi connectivity index (χ0) is 20.1. The lowest BCUT2D eigenvalue weighted by atomic mass is 10.1. The van der Waals surface area contributed by atoms with Gasteiger partial charge in [0.05, 0.1) is 11.4 Å². The van der Waals surface area contributed by atoms with Gasteiger partial charge in [-0.3, -0.25) is 9.30 Å². The van der Waals surface area contributed by atoms with Crippen LogP contribution in [0.25, 0.3) is 0 Å². The molecular weight excluding hydrogens is 499 g/mol. The molecule has 0 spiro atoms. The molecule has 0 radical (unpaired) electrons. The van der Waals surface area contributed by atoms with Crippen LogP contribution >= 0.6 is 24.0 Å². The van der Waals surface area contributed by atoms with E-state index in [0.29, 0.717) is 25.6 Å². The lowest BCUT2D eigenvalue weighted by Gasteiger charge is -2.20. The standard InChI is InChI=1S/C21H28N4O2S.HI/c1-16-8-9-19(17(2)14-16)15-24-21(22-3)23-11-13-28(26,27)25-12-10-18-6-4-5-7-20(18)25;/h4-9,14H,10-13,15H2,1-3H3,(H2,22,23,24);1H. The van der Waals surface area contributed by atoms with E-state index in [2.05, 4.69) is 47.7 Å². The van der Waals surface area contributed by atoms with Crippen molar-refractivity contribution in [2.45, 2.75) is 26.8 Å². The molecule has 3 rings (SSSR count). The normalized spacial score (nSPS) is 13.6. The van der Waals surface area contributed by atoms with Gasteiger partial charge in [-0.1, -0.05) is 42.0 Å². The molecule has 0 saturated heterocycles. The second-order valence-corrected chi connectivity index (χ2v) is 9.06. The number of halogens is 1. The van der Waals surface area contributed by atoms with E-state index in [1.807, 2.05) is 24.3 Å². The highest BCUT2D eigenvalue weighted by molar-refractivity contribution is 14.0. The predicted molar refractivity (Wildman–Crippen MR) is 131 cm³/mol. The van der Waals surface area contributed by atoms with Gasteiger partial charge in [-0.25, -0.2) is 8.42 Å². The minimum absolute atomic E-state index is 0. The van der Waals surface area contributed by atoms with E-state index in [-0.39, 0.29) is 29.7 Å². The molecule has 6 nitrogen and oxygen atoms in total. The van der Waals surface area contributed by atoms with Crippen LogP contribution in [0.4, 0.5) is 5.69 Å². The van der Waals surface area contributed by atoms with Gasteiger partial charge in [0, 0.05) is 26.7 Å². The number of nitrogens with zero attached hydrogens (tertiary/aromatic N) is 2. The Labute approximate surface area is 190 Å². The van der Waals surface area contributed by atoms with Crippen LogP contribution in [0.15, 0.2) is 47.5 Å². The Balaban J connectivity index is 0.00000300. The molecule has 8 heteroatoms. The van der Waals surface area contributed by atoms with E-state index < -0.39 is 10.0 Å². The van der Waals surface area contributed by atoms with Gasteiger partial charge in [-0.2, -0.15) is 0 Å². The Morgan fingerprint density at radius 3 is 2.62 bits per heavy atom. The average molecular weight is 528 g/mol. The van der Waals surface area contributed by atoms with E-state index in [4.69, 9.17) is 0 Å². The third-order valence-electron chi connectivity index (χ3n) is 5.00. The van der Waals surface area contributed by atoms with Crippen molar-refractivity contribution in [2.24, 2.45) is 4.99 Å². The largest absolute Gasteiger partial charge is 0.355 e. The lowest BCUT2D eigenvalue weighted by Crippen LogP contribution is -2.41. The van der Waals surface area contributed by atoms with Crippen molar-refractivity contribution in [3.63, 3.8) is 0 Å². The Morgan fingerprint density at radius 1 is 1.14 bits per heavy atom. The SMILES string of the molecule is CN=C(NCCS(=O)(=O)N1CCc2ccccc21)NCc1ccc(C)cc1C.I. The molecule has 2 N–H and O–H groups in total. The second-order valence-electron chi connectivity index (χ2n) is 7.05. The molecule has 0 aromatic heterocycles. The van der Waals surface area contributed by atoms with Gasteiger partial charge >= 0.3 is 0 Å². The number of guanidine groups is 1. The van der Waals surface area contributed by atoms with Crippen LogP contribution in [0.3, 0.4) is 0 Å². The number of aliphatic imine (C=N–C) groups is 1. The highest BCUT2D eigenvalue weighted by Gasteiger charge is 2.28. The maximum Gasteiger partial charge on any atom is 0.236 e. The highest BCUT2D eigenvalue weighted by atomic mass is 127. The highest BCUT2D eigenvalue weighted by Crippen LogP contribution is 2.29. The summed E-state index contributed by atoms with van der Waals surface area (Å²) in [6.45, 7) is 5.61. The van der Waals surface area contributed by atoms with Gasteiger partial charge < -0.3 is 10.6 Å². The third-order valence-corrected chi connectivity index (χ3v) is 6.77. The van der Waals surface area contributed by atoms with Crippen molar-refractivity contribution in [2.75, 3.05) is 30.2 Å². The molecule has 0 bridgehead atoms. The summed E-state index contributed by atoms with van der Waals surface area (Å²) >= 11 is 0. The van der Waals surface area contributed by atoms with Crippen molar-refractivity contribution in [1.29, 1.82) is 0 Å². The van der Waals surface area contributed by atoms with Gasteiger partial charge in [0.1, 0.15) is 0 Å². The molecule has 1 aliphatic rings. The van der Waals surface area contributed by atoms with E-state index in [1.54, 1.807) is 7.05 Å². The van der Waals surface area contributed by atoms with Crippen molar-refractivity contribution in [3.8, 4) is 0 Å². The van der Waals surface area contributed by atoms with Crippen molar-refractivity contribution >= 4 is 45.6 Å².